The van der Waals surface area contributed by atoms with Crippen LogP contribution in [0.3, 0.4) is 0 Å². The molecule has 0 amide bonds. The Morgan fingerprint density at radius 2 is 2.11 bits per heavy atom. The fraction of sp³-hybridized carbons (Fsp3) is 0.318. The summed E-state index contributed by atoms with van der Waals surface area (Å²) in [4.78, 5) is 12.0. The van der Waals surface area contributed by atoms with Crippen molar-refractivity contribution in [1.82, 2.24) is 0 Å². The summed E-state index contributed by atoms with van der Waals surface area (Å²) in [6.07, 6.45) is 1.52. The van der Waals surface area contributed by atoms with Gasteiger partial charge >= 0.3 is 5.97 Å². The maximum atomic E-state index is 13.4. The van der Waals surface area contributed by atoms with Gasteiger partial charge in [-0.25, -0.2) is 9.18 Å². The number of hydrogen-bond acceptors (Lipinski definition) is 3. The van der Waals surface area contributed by atoms with Crippen molar-refractivity contribution in [1.29, 1.82) is 0 Å². The fourth-order valence-corrected chi connectivity index (χ4v) is 4.54. The van der Waals surface area contributed by atoms with Crippen molar-refractivity contribution in [3.63, 3.8) is 0 Å². The highest BCUT2D eigenvalue weighted by Gasteiger charge is 2.44. The molecule has 2 atom stereocenters. The van der Waals surface area contributed by atoms with Crippen LogP contribution in [0.4, 0.5) is 4.39 Å². The second-order valence-electron chi connectivity index (χ2n) is 7.24. The number of hydrogen-bond donors (Lipinski definition) is 0. The lowest BCUT2D eigenvalue weighted by atomic mass is 9.76. The number of benzene rings is 2. The van der Waals surface area contributed by atoms with Gasteiger partial charge in [0.05, 0.1) is 4.47 Å². The van der Waals surface area contributed by atoms with Crippen molar-refractivity contribution in [3.8, 4) is 5.75 Å². The predicted molar refractivity (Wildman–Crippen MR) is 104 cm³/mol. The Morgan fingerprint density at radius 1 is 1.33 bits per heavy atom. The van der Waals surface area contributed by atoms with Gasteiger partial charge in [0.15, 0.2) is 0 Å². The molecular weight excluding hydrogens is 411 g/mol. The van der Waals surface area contributed by atoms with Crippen LogP contribution in [-0.4, -0.2) is 5.97 Å². The normalized spacial score (nSPS) is 20.9. The van der Waals surface area contributed by atoms with Crippen molar-refractivity contribution in [3.05, 3.63) is 74.5 Å². The molecule has 0 saturated carbocycles. The van der Waals surface area contributed by atoms with Crippen LogP contribution in [0.2, 0.25) is 0 Å². The molecule has 3 nitrogen and oxygen atoms in total. The SMILES string of the molecule is C=C1C(=O)O[C@H]2c3c(C)c(OCc4ccc(F)c(Br)c4)cc(C)c3CC[C@@H]12. The number of ether oxygens (including phenoxy) is 2. The summed E-state index contributed by atoms with van der Waals surface area (Å²) < 4.78 is 25.5. The number of carbonyl (C=O) groups is 1. The molecule has 2 aliphatic rings. The van der Waals surface area contributed by atoms with E-state index in [4.69, 9.17) is 9.47 Å². The number of aryl methyl sites for hydroxylation is 1. The Labute approximate surface area is 166 Å². The molecule has 0 radical (unpaired) electrons. The van der Waals surface area contributed by atoms with E-state index in [1.807, 2.05) is 13.0 Å². The summed E-state index contributed by atoms with van der Waals surface area (Å²) in [5.41, 5.74) is 5.88. The van der Waals surface area contributed by atoms with E-state index in [1.165, 1.54) is 11.6 Å². The molecule has 0 spiro atoms. The molecule has 0 unspecified atom stereocenters. The number of esters is 1. The van der Waals surface area contributed by atoms with E-state index in [1.54, 1.807) is 12.1 Å². The zero-order valence-corrected chi connectivity index (χ0v) is 16.9. The Balaban J connectivity index is 1.66. The van der Waals surface area contributed by atoms with Gasteiger partial charge in [-0.1, -0.05) is 12.6 Å². The monoisotopic (exact) mass is 430 g/mol. The van der Waals surface area contributed by atoms with E-state index in [2.05, 4.69) is 29.4 Å². The molecule has 1 saturated heterocycles. The lowest BCUT2D eigenvalue weighted by Gasteiger charge is -2.30. The van der Waals surface area contributed by atoms with E-state index in [9.17, 15) is 9.18 Å². The third-order valence-corrected chi connectivity index (χ3v) is 6.21. The van der Waals surface area contributed by atoms with Crippen LogP contribution in [0.1, 0.15) is 40.3 Å². The first-order valence-electron chi connectivity index (χ1n) is 8.96. The lowest BCUT2D eigenvalue weighted by Crippen LogP contribution is -2.20. The summed E-state index contributed by atoms with van der Waals surface area (Å²) >= 11 is 3.20. The Bertz CT molecular complexity index is 967. The summed E-state index contributed by atoms with van der Waals surface area (Å²) in [5.74, 6) is 0.221. The minimum absolute atomic E-state index is 0.0476. The molecule has 140 valence electrons. The fourth-order valence-electron chi connectivity index (χ4n) is 4.11. The third kappa shape index (κ3) is 3.08. The van der Waals surface area contributed by atoms with Crippen LogP contribution in [0, 0.1) is 25.6 Å². The molecule has 5 heteroatoms. The molecule has 1 heterocycles. The average Bonchev–Trinajstić information content (AvgIpc) is 2.93. The molecule has 27 heavy (non-hydrogen) atoms. The average molecular weight is 431 g/mol. The van der Waals surface area contributed by atoms with Crippen LogP contribution >= 0.6 is 15.9 Å². The zero-order valence-electron chi connectivity index (χ0n) is 15.3. The van der Waals surface area contributed by atoms with E-state index in [-0.39, 0.29) is 23.8 Å². The second-order valence-corrected chi connectivity index (χ2v) is 8.10. The molecular formula is C22H20BrFO3. The second kappa shape index (κ2) is 6.79. The minimum atomic E-state index is -0.297. The van der Waals surface area contributed by atoms with Gasteiger partial charge in [0.2, 0.25) is 0 Å². The van der Waals surface area contributed by atoms with Gasteiger partial charge in [-0.2, -0.15) is 0 Å². The Hall–Kier alpha value is -2.14. The van der Waals surface area contributed by atoms with Gasteiger partial charge in [0.25, 0.3) is 0 Å². The highest BCUT2D eigenvalue weighted by atomic mass is 79.9. The van der Waals surface area contributed by atoms with Crippen molar-refractivity contribution in [2.45, 2.75) is 39.4 Å². The lowest BCUT2D eigenvalue weighted by molar-refractivity contribution is -0.139. The van der Waals surface area contributed by atoms with Gasteiger partial charge in [0.1, 0.15) is 24.3 Å². The standard InChI is InChI=1S/C22H20BrFO3/c1-11-8-19(26-10-14-4-7-18(24)17(23)9-14)13(3)20-15(11)5-6-16-12(2)22(25)27-21(16)20/h4,7-9,16,21H,2,5-6,10H2,1,3H3/t16-,21+/m0/s1. The van der Waals surface area contributed by atoms with Gasteiger partial charge in [-0.15, -0.1) is 0 Å². The predicted octanol–water partition coefficient (Wildman–Crippen LogP) is 5.50. The quantitative estimate of drug-likeness (QED) is 0.476. The Kier molecular flexibility index (Phi) is 4.58. The Morgan fingerprint density at radius 3 is 2.85 bits per heavy atom. The van der Waals surface area contributed by atoms with Gasteiger partial charge in [-0.3, -0.25) is 0 Å². The topological polar surface area (TPSA) is 35.5 Å². The largest absolute Gasteiger partial charge is 0.489 e. The zero-order chi connectivity index (χ0) is 19.3. The van der Waals surface area contributed by atoms with Crippen molar-refractivity contribution in [2.75, 3.05) is 0 Å². The van der Waals surface area contributed by atoms with Crippen LogP contribution < -0.4 is 4.74 Å². The molecule has 1 fully saturated rings. The first-order valence-corrected chi connectivity index (χ1v) is 9.75. The molecule has 1 aliphatic heterocycles. The summed E-state index contributed by atoms with van der Waals surface area (Å²) in [5, 5.41) is 0. The van der Waals surface area contributed by atoms with Crippen LogP contribution in [-0.2, 0) is 22.6 Å². The summed E-state index contributed by atoms with van der Waals surface area (Å²) in [7, 11) is 0. The molecule has 2 aromatic rings. The molecule has 4 rings (SSSR count). The first kappa shape index (κ1) is 18.2. The molecule has 0 aromatic heterocycles. The van der Waals surface area contributed by atoms with E-state index >= 15 is 0 Å². The highest BCUT2D eigenvalue weighted by Crippen LogP contribution is 2.49. The van der Waals surface area contributed by atoms with Crippen LogP contribution in [0.15, 0.2) is 40.9 Å². The summed E-state index contributed by atoms with van der Waals surface area (Å²) in [6, 6.07) is 6.88. The molecule has 0 bridgehead atoms. The third-order valence-electron chi connectivity index (χ3n) is 5.60. The van der Waals surface area contributed by atoms with Gasteiger partial charge in [0, 0.05) is 17.1 Å². The highest BCUT2D eigenvalue weighted by molar-refractivity contribution is 9.10. The minimum Gasteiger partial charge on any atom is -0.489 e. The van der Waals surface area contributed by atoms with Gasteiger partial charge < -0.3 is 9.47 Å². The maximum Gasteiger partial charge on any atom is 0.334 e. The van der Waals surface area contributed by atoms with E-state index in [0.29, 0.717) is 16.7 Å². The summed E-state index contributed by atoms with van der Waals surface area (Å²) in [6.45, 7) is 8.32. The molecule has 2 aromatic carbocycles. The number of halogens is 2. The number of fused-ring (bicyclic) bond motifs is 3. The number of rotatable bonds is 3. The smallest absolute Gasteiger partial charge is 0.334 e. The first-order chi connectivity index (χ1) is 12.9. The van der Waals surface area contributed by atoms with Crippen molar-refractivity contribution in [2.24, 2.45) is 5.92 Å². The maximum absolute atomic E-state index is 13.4. The van der Waals surface area contributed by atoms with E-state index < -0.39 is 0 Å². The van der Waals surface area contributed by atoms with Crippen LogP contribution in [0.5, 0.6) is 5.75 Å². The van der Waals surface area contributed by atoms with Crippen molar-refractivity contribution < 1.29 is 18.7 Å². The molecule has 1 aliphatic carbocycles. The van der Waals surface area contributed by atoms with Crippen molar-refractivity contribution >= 4 is 21.9 Å². The van der Waals surface area contributed by atoms with E-state index in [0.717, 1.165) is 40.8 Å². The van der Waals surface area contributed by atoms with Crippen LogP contribution in [0.25, 0.3) is 0 Å². The molecule has 0 N–H and O–H groups in total. The van der Waals surface area contributed by atoms with Gasteiger partial charge in [-0.05, 0) is 83.1 Å². The number of carbonyl (C=O) groups excluding carboxylic acids is 1.